The quantitative estimate of drug-likeness (QED) is 0.835. The van der Waals surface area contributed by atoms with Gasteiger partial charge in [-0.25, -0.2) is 9.07 Å². The third-order valence-electron chi connectivity index (χ3n) is 4.15. The zero-order chi connectivity index (χ0) is 16.4. The number of nitrogens with one attached hydrogen (secondary N) is 1. The molecule has 0 bridgehead atoms. The minimum absolute atomic E-state index is 0. The second-order valence-corrected chi connectivity index (χ2v) is 6.46. The van der Waals surface area contributed by atoms with E-state index in [-0.39, 0.29) is 24.1 Å². The number of piperidine rings is 1. The maximum atomic E-state index is 13.0. The first-order valence-corrected chi connectivity index (χ1v) is 8.35. The van der Waals surface area contributed by atoms with Gasteiger partial charge in [-0.15, -0.1) is 12.4 Å². The van der Waals surface area contributed by atoms with E-state index in [1.165, 1.54) is 12.1 Å². The molecule has 1 aromatic carbocycles. The van der Waals surface area contributed by atoms with Crippen LogP contribution in [0.5, 0.6) is 0 Å². The minimum Gasteiger partial charge on any atom is -0.337 e. The standard InChI is InChI=1S/C16H18BrFN4O.ClH/c1-19-12-6-8-21(9-7-12)16(23)15-14(17)10-22(20-15)13-4-2-11(18)3-5-13;/h2-5,10,12,19H,6-9H2,1H3;1H. The van der Waals surface area contributed by atoms with E-state index >= 15 is 0 Å². The Hall–Kier alpha value is -1.44. The van der Waals surface area contributed by atoms with E-state index in [1.54, 1.807) is 23.0 Å². The first kappa shape index (κ1) is 18.9. The molecule has 1 aliphatic heterocycles. The molecule has 1 aromatic heterocycles. The molecule has 24 heavy (non-hydrogen) atoms. The van der Waals surface area contributed by atoms with Gasteiger partial charge in [0.05, 0.1) is 10.2 Å². The molecule has 1 fully saturated rings. The SMILES string of the molecule is CNC1CCN(C(=O)c2nn(-c3ccc(F)cc3)cc2Br)CC1.Cl. The topological polar surface area (TPSA) is 50.2 Å². The highest BCUT2D eigenvalue weighted by atomic mass is 79.9. The summed E-state index contributed by atoms with van der Waals surface area (Å²) in [5.41, 5.74) is 1.09. The molecule has 1 amide bonds. The van der Waals surface area contributed by atoms with Crippen LogP contribution in [-0.4, -0.2) is 46.8 Å². The predicted octanol–water partition coefficient (Wildman–Crippen LogP) is 3.02. The van der Waals surface area contributed by atoms with Crippen molar-refractivity contribution in [1.29, 1.82) is 0 Å². The number of halogens is 3. The number of amides is 1. The first-order chi connectivity index (χ1) is 11.1. The van der Waals surface area contributed by atoms with Crippen LogP contribution in [0.25, 0.3) is 5.69 Å². The van der Waals surface area contributed by atoms with Crippen molar-refractivity contribution in [2.24, 2.45) is 0 Å². The van der Waals surface area contributed by atoms with E-state index < -0.39 is 0 Å². The molecule has 0 unspecified atom stereocenters. The summed E-state index contributed by atoms with van der Waals surface area (Å²) in [4.78, 5) is 14.5. The zero-order valence-corrected chi connectivity index (χ0v) is 15.6. The Bertz CT molecular complexity index is 699. The Morgan fingerprint density at radius 3 is 2.50 bits per heavy atom. The summed E-state index contributed by atoms with van der Waals surface area (Å²) in [7, 11) is 1.95. The number of carbonyl (C=O) groups excluding carboxylic acids is 1. The lowest BCUT2D eigenvalue weighted by molar-refractivity contribution is 0.0700. The molecule has 0 spiro atoms. The van der Waals surface area contributed by atoms with Gasteiger partial charge in [0, 0.05) is 25.3 Å². The van der Waals surface area contributed by atoms with Gasteiger partial charge in [0.2, 0.25) is 0 Å². The second-order valence-electron chi connectivity index (χ2n) is 5.60. The average molecular weight is 418 g/mol. The molecule has 0 saturated carbocycles. The van der Waals surface area contributed by atoms with Crippen LogP contribution < -0.4 is 5.32 Å². The molecular formula is C16H19BrClFN4O. The minimum atomic E-state index is -0.302. The van der Waals surface area contributed by atoms with Gasteiger partial charge in [0.15, 0.2) is 5.69 Å². The van der Waals surface area contributed by atoms with Crippen LogP contribution in [0.1, 0.15) is 23.3 Å². The van der Waals surface area contributed by atoms with Crippen molar-refractivity contribution in [3.8, 4) is 5.69 Å². The van der Waals surface area contributed by atoms with E-state index in [0.29, 0.717) is 21.9 Å². The Morgan fingerprint density at radius 1 is 1.29 bits per heavy atom. The van der Waals surface area contributed by atoms with Gasteiger partial charge in [-0.2, -0.15) is 5.10 Å². The van der Waals surface area contributed by atoms with Gasteiger partial charge < -0.3 is 10.2 Å². The largest absolute Gasteiger partial charge is 0.337 e. The van der Waals surface area contributed by atoms with E-state index in [0.717, 1.165) is 25.9 Å². The Morgan fingerprint density at radius 2 is 1.92 bits per heavy atom. The molecule has 1 saturated heterocycles. The van der Waals surface area contributed by atoms with E-state index in [1.807, 2.05) is 11.9 Å². The molecule has 1 N–H and O–H groups in total. The lowest BCUT2D eigenvalue weighted by Crippen LogP contribution is -2.44. The molecule has 8 heteroatoms. The van der Waals surface area contributed by atoms with Crippen LogP contribution in [0.15, 0.2) is 34.9 Å². The van der Waals surface area contributed by atoms with Crippen molar-refractivity contribution < 1.29 is 9.18 Å². The fraction of sp³-hybridized carbons (Fsp3) is 0.375. The normalized spacial score (nSPS) is 15.2. The molecular weight excluding hydrogens is 399 g/mol. The molecule has 2 aromatic rings. The van der Waals surface area contributed by atoms with Crippen LogP contribution in [0, 0.1) is 5.82 Å². The van der Waals surface area contributed by atoms with Gasteiger partial charge in [-0.3, -0.25) is 4.79 Å². The highest BCUT2D eigenvalue weighted by Crippen LogP contribution is 2.21. The third-order valence-corrected chi connectivity index (χ3v) is 4.73. The van der Waals surface area contributed by atoms with Crippen LogP contribution in [0.2, 0.25) is 0 Å². The summed E-state index contributed by atoms with van der Waals surface area (Å²) >= 11 is 3.40. The van der Waals surface area contributed by atoms with E-state index in [4.69, 9.17) is 0 Å². The predicted molar refractivity (Wildman–Crippen MR) is 96.5 cm³/mol. The third kappa shape index (κ3) is 3.96. The first-order valence-electron chi connectivity index (χ1n) is 7.56. The number of rotatable bonds is 3. The maximum absolute atomic E-state index is 13.0. The van der Waals surface area contributed by atoms with Crippen molar-refractivity contribution in [3.05, 3.63) is 46.4 Å². The highest BCUT2D eigenvalue weighted by molar-refractivity contribution is 9.10. The molecule has 0 aliphatic carbocycles. The smallest absolute Gasteiger partial charge is 0.275 e. The summed E-state index contributed by atoms with van der Waals surface area (Å²) < 4.78 is 15.2. The molecule has 0 atom stereocenters. The number of benzene rings is 1. The van der Waals surface area contributed by atoms with Gasteiger partial charge in [-0.05, 0) is 60.1 Å². The number of likely N-dealkylation sites (tertiary alicyclic amines) is 1. The number of hydrogen-bond acceptors (Lipinski definition) is 3. The summed E-state index contributed by atoms with van der Waals surface area (Å²) in [5, 5.41) is 7.61. The summed E-state index contributed by atoms with van der Waals surface area (Å²) in [5.74, 6) is -0.379. The second kappa shape index (κ2) is 8.09. The summed E-state index contributed by atoms with van der Waals surface area (Å²) in [6.45, 7) is 1.44. The Labute approximate surface area is 154 Å². The highest BCUT2D eigenvalue weighted by Gasteiger charge is 2.26. The van der Waals surface area contributed by atoms with Crippen molar-refractivity contribution in [2.75, 3.05) is 20.1 Å². The van der Waals surface area contributed by atoms with E-state index in [2.05, 4.69) is 26.3 Å². The van der Waals surface area contributed by atoms with Crippen molar-refractivity contribution in [2.45, 2.75) is 18.9 Å². The molecule has 3 rings (SSSR count). The fourth-order valence-electron chi connectivity index (χ4n) is 2.74. The maximum Gasteiger partial charge on any atom is 0.275 e. The summed E-state index contributed by atoms with van der Waals surface area (Å²) in [6.07, 6.45) is 3.61. The van der Waals surface area contributed by atoms with Gasteiger partial charge in [0.1, 0.15) is 5.82 Å². The molecule has 2 heterocycles. The van der Waals surface area contributed by atoms with Crippen LogP contribution in [0.3, 0.4) is 0 Å². The number of carbonyl (C=O) groups is 1. The molecule has 1 aliphatic rings. The Balaban J connectivity index is 0.00000208. The summed E-state index contributed by atoms with van der Waals surface area (Å²) in [6, 6.07) is 6.46. The van der Waals surface area contributed by atoms with Crippen LogP contribution in [-0.2, 0) is 0 Å². The van der Waals surface area contributed by atoms with Crippen LogP contribution >= 0.6 is 28.3 Å². The molecule has 0 radical (unpaired) electrons. The fourth-order valence-corrected chi connectivity index (χ4v) is 3.19. The van der Waals surface area contributed by atoms with E-state index in [9.17, 15) is 9.18 Å². The lowest BCUT2D eigenvalue weighted by Gasteiger charge is -2.31. The van der Waals surface area contributed by atoms with Crippen molar-refractivity contribution >= 4 is 34.2 Å². The van der Waals surface area contributed by atoms with Gasteiger partial charge >= 0.3 is 0 Å². The average Bonchev–Trinajstić information content (AvgIpc) is 2.96. The number of aromatic nitrogens is 2. The number of hydrogen-bond donors (Lipinski definition) is 1. The number of nitrogens with zero attached hydrogens (tertiary/aromatic N) is 3. The van der Waals surface area contributed by atoms with Gasteiger partial charge in [-0.1, -0.05) is 0 Å². The molecule has 5 nitrogen and oxygen atoms in total. The lowest BCUT2D eigenvalue weighted by atomic mass is 10.1. The molecule has 130 valence electrons. The van der Waals surface area contributed by atoms with Crippen molar-refractivity contribution in [3.63, 3.8) is 0 Å². The zero-order valence-electron chi connectivity index (χ0n) is 13.2. The van der Waals surface area contributed by atoms with Gasteiger partial charge in [0.25, 0.3) is 5.91 Å². The Kier molecular flexibility index (Phi) is 6.37. The van der Waals surface area contributed by atoms with Crippen LogP contribution in [0.4, 0.5) is 4.39 Å². The monoisotopic (exact) mass is 416 g/mol. The van der Waals surface area contributed by atoms with Crippen molar-refractivity contribution in [1.82, 2.24) is 20.0 Å².